The summed E-state index contributed by atoms with van der Waals surface area (Å²) in [6, 6.07) is 12.4. The maximum atomic E-state index is 12.3. The van der Waals surface area contributed by atoms with Crippen LogP contribution >= 0.6 is 0 Å². The Morgan fingerprint density at radius 3 is 2.15 bits per heavy atom. The Morgan fingerprint density at radius 2 is 1.59 bits per heavy atom. The predicted octanol–water partition coefficient (Wildman–Crippen LogP) is 1.79. The van der Waals surface area contributed by atoms with E-state index in [0.717, 1.165) is 11.1 Å². The zero-order valence-corrected chi connectivity index (χ0v) is 15.2. The van der Waals surface area contributed by atoms with Crippen LogP contribution in [-0.4, -0.2) is 36.0 Å². The van der Waals surface area contributed by atoms with Gasteiger partial charge in [-0.1, -0.05) is 24.3 Å². The van der Waals surface area contributed by atoms with Crippen LogP contribution in [0.15, 0.2) is 48.5 Å². The van der Waals surface area contributed by atoms with E-state index in [-0.39, 0.29) is 30.4 Å². The van der Waals surface area contributed by atoms with E-state index in [1.807, 2.05) is 0 Å². The summed E-state index contributed by atoms with van der Waals surface area (Å²) in [5, 5.41) is 14.7. The zero-order chi connectivity index (χ0) is 19.8. The molecule has 0 saturated carbocycles. The average Bonchev–Trinajstić information content (AvgIpc) is 2.63. The summed E-state index contributed by atoms with van der Waals surface area (Å²) in [6.07, 6.45) is 0.337. The number of nitrogens with one attached hydrogen (secondary N) is 2. The van der Waals surface area contributed by atoms with Gasteiger partial charge in [0, 0.05) is 19.0 Å². The molecule has 3 N–H and O–H groups in total. The maximum absolute atomic E-state index is 12.3. The highest BCUT2D eigenvalue weighted by Gasteiger charge is 2.22. The van der Waals surface area contributed by atoms with E-state index in [0.29, 0.717) is 5.69 Å². The van der Waals surface area contributed by atoms with Crippen LogP contribution in [0, 0.1) is 0 Å². The smallest absolute Gasteiger partial charge is 0.328 e. The van der Waals surface area contributed by atoms with Crippen LogP contribution < -0.4 is 10.6 Å². The van der Waals surface area contributed by atoms with Gasteiger partial charge in [0.1, 0.15) is 11.8 Å². The molecule has 1 unspecified atom stereocenters. The molecule has 2 aromatic carbocycles. The molecule has 0 aromatic heterocycles. The van der Waals surface area contributed by atoms with Gasteiger partial charge in [0.25, 0.3) is 0 Å². The van der Waals surface area contributed by atoms with Crippen molar-refractivity contribution in [3.05, 3.63) is 59.7 Å². The molecule has 2 aromatic rings. The van der Waals surface area contributed by atoms with Crippen molar-refractivity contribution in [3.8, 4) is 5.75 Å². The van der Waals surface area contributed by atoms with Crippen LogP contribution in [-0.2, 0) is 32.0 Å². The third kappa shape index (κ3) is 6.47. The second kappa shape index (κ2) is 9.38. The van der Waals surface area contributed by atoms with Crippen molar-refractivity contribution in [2.75, 3.05) is 12.4 Å². The highest BCUT2D eigenvalue weighted by atomic mass is 16.5. The molecular formula is C20H22N2O5. The third-order valence-corrected chi connectivity index (χ3v) is 3.84. The van der Waals surface area contributed by atoms with E-state index in [1.54, 1.807) is 36.4 Å². The Kier molecular flexibility index (Phi) is 6.93. The third-order valence-electron chi connectivity index (χ3n) is 3.84. The lowest BCUT2D eigenvalue weighted by atomic mass is 10.0. The van der Waals surface area contributed by atoms with Gasteiger partial charge in [-0.05, 0) is 35.4 Å². The number of ether oxygens (including phenoxy) is 1. The summed E-state index contributed by atoms with van der Waals surface area (Å²) in [4.78, 5) is 35.3. The monoisotopic (exact) mass is 370 g/mol. The SMILES string of the molecule is COC(=O)C(Cc1ccc(O)cc1)NC(=O)Cc1ccc(NC(C)=O)cc1. The van der Waals surface area contributed by atoms with Crippen LogP contribution in [0.25, 0.3) is 0 Å². The first-order chi connectivity index (χ1) is 12.9. The number of hydrogen-bond donors (Lipinski definition) is 3. The van der Waals surface area contributed by atoms with Gasteiger partial charge in [0.2, 0.25) is 11.8 Å². The molecule has 2 rings (SSSR count). The number of carbonyl (C=O) groups is 3. The van der Waals surface area contributed by atoms with E-state index in [2.05, 4.69) is 10.6 Å². The van der Waals surface area contributed by atoms with Crippen LogP contribution in [0.2, 0.25) is 0 Å². The van der Waals surface area contributed by atoms with E-state index in [1.165, 1.54) is 26.2 Å². The fourth-order valence-electron chi connectivity index (χ4n) is 2.54. The fraction of sp³-hybridized carbons (Fsp3) is 0.250. The van der Waals surface area contributed by atoms with Crippen molar-refractivity contribution >= 4 is 23.5 Å². The molecule has 0 aliphatic heterocycles. The van der Waals surface area contributed by atoms with Crippen molar-refractivity contribution in [1.29, 1.82) is 0 Å². The lowest BCUT2D eigenvalue weighted by Gasteiger charge is -2.17. The van der Waals surface area contributed by atoms with Gasteiger partial charge in [-0.25, -0.2) is 4.79 Å². The van der Waals surface area contributed by atoms with Gasteiger partial charge in [-0.15, -0.1) is 0 Å². The number of benzene rings is 2. The molecule has 27 heavy (non-hydrogen) atoms. The van der Waals surface area contributed by atoms with Crippen molar-refractivity contribution in [1.82, 2.24) is 5.32 Å². The summed E-state index contributed by atoms with van der Waals surface area (Å²) in [5.41, 5.74) is 2.17. The Labute approximate surface area is 157 Å². The number of phenols is 1. The molecule has 7 heteroatoms. The normalized spacial score (nSPS) is 11.3. The Bertz CT molecular complexity index is 800. The van der Waals surface area contributed by atoms with E-state index < -0.39 is 12.0 Å². The van der Waals surface area contributed by atoms with E-state index in [4.69, 9.17) is 4.74 Å². The molecule has 0 fully saturated rings. The van der Waals surface area contributed by atoms with Crippen molar-refractivity contribution in [2.24, 2.45) is 0 Å². The van der Waals surface area contributed by atoms with Gasteiger partial charge in [-0.2, -0.15) is 0 Å². The lowest BCUT2D eigenvalue weighted by Crippen LogP contribution is -2.43. The van der Waals surface area contributed by atoms with Crippen LogP contribution in [0.1, 0.15) is 18.1 Å². The van der Waals surface area contributed by atoms with Crippen LogP contribution in [0.3, 0.4) is 0 Å². The number of rotatable bonds is 7. The summed E-state index contributed by atoms with van der Waals surface area (Å²) < 4.78 is 4.77. The summed E-state index contributed by atoms with van der Waals surface area (Å²) in [5.74, 6) is -0.912. The minimum atomic E-state index is -0.828. The molecule has 0 spiro atoms. The number of carbonyl (C=O) groups excluding carboxylic acids is 3. The molecule has 0 heterocycles. The Morgan fingerprint density at radius 1 is 1.00 bits per heavy atom. The first-order valence-electron chi connectivity index (χ1n) is 8.39. The second-order valence-electron chi connectivity index (χ2n) is 6.07. The van der Waals surface area contributed by atoms with E-state index >= 15 is 0 Å². The molecule has 142 valence electrons. The molecule has 0 radical (unpaired) electrons. The molecular weight excluding hydrogens is 348 g/mol. The number of esters is 1. The summed E-state index contributed by atoms with van der Waals surface area (Å²) in [6.45, 7) is 1.42. The zero-order valence-electron chi connectivity index (χ0n) is 15.2. The maximum Gasteiger partial charge on any atom is 0.328 e. The quantitative estimate of drug-likeness (QED) is 0.645. The predicted molar refractivity (Wildman–Crippen MR) is 100 cm³/mol. The molecule has 1 atom stereocenters. The Hall–Kier alpha value is -3.35. The number of phenolic OH excluding ortho intramolecular Hbond substituents is 1. The topological polar surface area (TPSA) is 105 Å². The number of anilines is 1. The second-order valence-corrected chi connectivity index (χ2v) is 6.07. The lowest BCUT2D eigenvalue weighted by molar-refractivity contribution is -0.145. The van der Waals surface area contributed by atoms with Crippen molar-refractivity contribution in [3.63, 3.8) is 0 Å². The van der Waals surface area contributed by atoms with Gasteiger partial charge < -0.3 is 20.5 Å². The summed E-state index contributed by atoms with van der Waals surface area (Å²) >= 11 is 0. The van der Waals surface area contributed by atoms with Crippen molar-refractivity contribution < 1.29 is 24.2 Å². The average molecular weight is 370 g/mol. The van der Waals surface area contributed by atoms with Gasteiger partial charge in [0.15, 0.2) is 0 Å². The number of amides is 2. The van der Waals surface area contributed by atoms with Crippen LogP contribution in [0.5, 0.6) is 5.75 Å². The molecule has 0 bridgehead atoms. The first kappa shape index (κ1) is 20.0. The summed E-state index contributed by atoms with van der Waals surface area (Å²) in [7, 11) is 1.26. The first-order valence-corrected chi connectivity index (χ1v) is 8.39. The minimum absolute atomic E-state index is 0.0867. The van der Waals surface area contributed by atoms with Gasteiger partial charge in [0.05, 0.1) is 13.5 Å². The van der Waals surface area contributed by atoms with Gasteiger partial charge >= 0.3 is 5.97 Å². The fourth-order valence-corrected chi connectivity index (χ4v) is 2.54. The van der Waals surface area contributed by atoms with E-state index in [9.17, 15) is 19.5 Å². The molecule has 0 aliphatic carbocycles. The Balaban J connectivity index is 1.99. The highest BCUT2D eigenvalue weighted by Crippen LogP contribution is 2.13. The number of hydrogen-bond acceptors (Lipinski definition) is 5. The number of aromatic hydroxyl groups is 1. The van der Waals surface area contributed by atoms with Crippen LogP contribution in [0.4, 0.5) is 5.69 Å². The minimum Gasteiger partial charge on any atom is -0.508 e. The molecule has 0 saturated heterocycles. The molecule has 0 aliphatic rings. The number of methoxy groups -OCH3 is 1. The largest absolute Gasteiger partial charge is 0.508 e. The highest BCUT2D eigenvalue weighted by molar-refractivity contribution is 5.89. The van der Waals surface area contributed by atoms with Gasteiger partial charge in [-0.3, -0.25) is 9.59 Å². The molecule has 7 nitrogen and oxygen atoms in total. The van der Waals surface area contributed by atoms with Crippen molar-refractivity contribution in [2.45, 2.75) is 25.8 Å². The molecule has 2 amide bonds. The standard InChI is InChI=1S/C20H22N2O5/c1-13(23)21-16-7-3-15(4-8-16)12-19(25)22-18(20(26)27-2)11-14-5-9-17(24)10-6-14/h3-10,18,24H,11-12H2,1-2H3,(H,21,23)(H,22,25).